The fourth-order valence-electron chi connectivity index (χ4n) is 2.97. The molecule has 0 aliphatic carbocycles. The first-order chi connectivity index (χ1) is 15.4. The van der Waals surface area contributed by atoms with Crippen LogP contribution < -0.4 is 9.47 Å². The maximum Gasteiger partial charge on any atom is 0.284 e. The number of sulfonamides is 1. The van der Waals surface area contributed by atoms with Crippen LogP contribution in [0.2, 0.25) is 0 Å². The second-order valence-electron chi connectivity index (χ2n) is 6.93. The van der Waals surface area contributed by atoms with E-state index in [0.29, 0.717) is 29.6 Å². The summed E-state index contributed by atoms with van der Waals surface area (Å²) in [5, 5.41) is 0.138. The van der Waals surface area contributed by atoms with Gasteiger partial charge in [-0.3, -0.25) is 9.69 Å². The molecule has 1 amide bonds. The van der Waals surface area contributed by atoms with Gasteiger partial charge in [0.2, 0.25) is 0 Å². The Bertz CT molecular complexity index is 1130. The van der Waals surface area contributed by atoms with Crippen LogP contribution in [0.5, 0.6) is 11.5 Å². The molecule has 9 heteroatoms. The number of ether oxygens (including phenoxy) is 2. The van der Waals surface area contributed by atoms with Crippen LogP contribution >= 0.6 is 11.8 Å². The number of methoxy groups -OCH3 is 1. The fraction of sp³-hybridized carbons (Fsp3) is 0.304. The maximum atomic E-state index is 12.9. The minimum Gasteiger partial charge on any atom is -0.493 e. The van der Waals surface area contributed by atoms with Gasteiger partial charge in [0.1, 0.15) is 0 Å². The molecule has 2 aromatic rings. The molecule has 0 unspecified atom stereocenters. The quantitative estimate of drug-likeness (QED) is 0.391. The third kappa shape index (κ3) is 5.52. The van der Waals surface area contributed by atoms with E-state index in [9.17, 15) is 13.2 Å². The van der Waals surface area contributed by atoms with Crippen LogP contribution in [0.1, 0.15) is 32.3 Å². The highest BCUT2D eigenvalue weighted by molar-refractivity contribution is 8.19. The third-order valence-corrected chi connectivity index (χ3v) is 7.09. The molecule has 32 heavy (non-hydrogen) atoms. The number of unbranched alkanes of at least 4 members (excludes halogenated alkanes) is 1. The van der Waals surface area contributed by atoms with Gasteiger partial charge < -0.3 is 9.47 Å². The number of hydrogen-bond donors (Lipinski definition) is 0. The summed E-state index contributed by atoms with van der Waals surface area (Å²) in [6.07, 6.45) is 3.68. The number of thioether (sulfide) groups is 1. The van der Waals surface area contributed by atoms with Gasteiger partial charge in [-0.15, -0.1) is 4.40 Å². The van der Waals surface area contributed by atoms with Gasteiger partial charge in [-0.1, -0.05) is 37.6 Å². The molecule has 1 aliphatic heterocycles. The molecule has 0 saturated carbocycles. The van der Waals surface area contributed by atoms with E-state index in [2.05, 4.69) is 11.3 Å². The molecule has 0 bridgehead atoms. The summed E-state index contributed by atoms with van der Waals surface area (Å²) in [5.41, 5.74) is 0.740. The van der Waals surface area contributed by atoms with Crippen molar-refractivity contribution in [2.45, 2.75) is 31.6 Å². The molecule has 0 radical (unpaired) electrons. The Morgan fingerprint density at radius 1 is 1.09 bits per heavy atom. The third-order valence-electron chi connectivity index (χ3n) is 4.68. The van der Waals surface area contributed by atoms with E-state index in [-0.39, 0.29) is 16.0 Å². The fourth-order valence-corrected chi connectivity index (χ4v) is 5.24. The zero-order valence-electron chi connectivity index (χ0n) is 18.3. The largest absolute Gasteiger partial charge is 0.493 e. The Balaban J connectivity index is 1.88. The molecule has 1 fully saturated rings. The number of likely N-dealkylation sites (N-methyl/N-ethyl adjacent to an activating group) is 1. The van der Waals surface area contributed by atoms with E-state index in [4.69, 9.17) is 9.47 Å². The average molecular weight is 475 g/mol. The summed E-state index contributed by atoms with van der Waals surface area (Å²) in [4.78, 5) is 14.7. The predicted octanol–water partition coefficient (Wildman–Crippen LogP) is 4.56. The van der Waals surface area contributed by atoms with Crippen molar-refractivity contribution in [1.29, 1.82) is 0 Å². The molecule has 0 N–H and O–H groups in total. The summed E-state index contributed by atoms with van der Waals surface area (Å²) in [6.45, 7) is 4.77. The number of amides is 1. The van der Waals surface area contributed by atoms with Gasteiger partial charge >= 0.3 is 0 Å². The SMILES string of the molecule is CCCCOc1ccc(/C=C2\SC(=NS(=O)(=O)c3ccccc3)N(CC)C2=O)cc1OC. The van der Waals surface area contributed by atoms with Gasteiger partial charge in [-0.2, -0.15) is 8.42 Å². The second kappa shape index (κ2) is 10.7. The summed E-state index contributed by atoms with van der Waals surface area (Å²) in [5.74, 6) is 0.917. The van der Waals surface area contributed by atoms with E-state index < -0.39 is 10.0 Å². The van der Waals surface area contributed by atoms with E-state index in [0.717, 1.165) is 30.2 Å². The smallest absolute Gasteiger partial charge is 0.284 e. The normalized spacial score (nSPS) is 16.7. The van der Waals surface area contributed by atoms with E-state index in [1.54, 1.807) is 50.4 Å². The zero-order chi connectivity index (χ0) is 23.1. The molecule has 1 heterocycles. The van der Waals surface area contributed by atoms with Crippen molar-refractivity contribution in [1.82, 2.24) is 4.90 Å². The number of hydrogen-bond acceptors (Lipinski definition) is 6. The number of nitrogens with zero attached hydrogens (tertiary/aromatic N) is 2. The van der Waals surface area contributed by atoms with Crippen LogP contribution in [0.15, 0.2) is 62.7 Å². The van der Waals surface area contributed by atoms with Crippen LogP contribution in [0.4, 0.5) is 0 Å². The van der Waals surface area contributed by atoms with Gasteiger partial charge in [0.05, 0.1) is 23.5 Å². The molecule has 1 saturated heterocycles. The Labute approximate surface area is 193 Å². The van der Waals surface area contributed by atoms with E-state index >= 15 is 0 Å². The van der Waals surface area contributed by atoms with Gasteiger partial charge in [0.15, 0.2) is 16.7 Å². The average Bonchev–Trinajstić information content (AvgIpc) is 3.08. The number of carbonyl (C=O) groups excluding carboxylic acids is 1. The maximum absolute atomic E-state index is 12.9. The zero-order valence-corrected chi connectivity index (χ0v) is 19.9. The van der Waals surface area contributed by atoms with E-state index in [1.165, 1.54) is 17.0 Å². The molecular weight excluding hydrogens is 448 g/mol. The lowest BCUT2D eigenvalue weighted by atomic mass is 10.2. The van der Waals surface area contributed by atoms with Gasteiger partial charge in [-0.25, -0.2) is 0 Å². The molecule has 7 nitrogen and oxygen atoms in total. The van der Waals surface area contributed by atoms with Crippen LogP contribution in [0, 0.1) is 0 Å². The molecule has 3 rings (SSSR count). The molecular formula is C23H26N2O5S2. The van der Waals surface area contributed by atoms with Crippen molar-refractivity contribution >= 4 is 38.9 Å². The van der Waals surface area contributed by atoms with Crippen LogP contribution in [0.3, 0.4) is 0 Å². The van der Waals surface area contributed by atoms with Crippen molar-refractivity contribution in [3.05, 3.63) is 59.0 Å². The number of benzene rings is 2. The summed E-state index contributed by atoms with van der Waals surface area (Å²) >= 11 is 1.04. The minimum atomic E-state index is -3.92. The van der Waals surface area contributed by atoms with Gasteiger partial charge in [0.25, 0.3) is 15.9 Å². The highest BCUT2D eigenvalue weighted by atomic mass is 32.2. The Hall–Kier alpha value is -2.78. The Morgan fingerprint density at radius 2 is 1.84 bits per heavy atom. The summed E-state index contributed by atoms with van der Waals surface area (Å²) < 4.78 is 40.4. The minimum absolute atomic E-state index is 0.0810. The first-order valence-electron chi connectivity index (χ1n) is 10.3. The van der Waals surface area contributed by atoms with Crippen molar-refractivity contribution in [3.8, 4) is 11.5 Å². The molecule has 170 valence electrons. The lowest BCUT2D eigenvalue weighted by Crippen LogP contribution is -2.29. The van der Waals surface area contributed by atoms with Crippen molar-refractivity contribution in [3.63, 3.8) is 0 Å². The van der Waals surface area contributed by atoms with Crippen LogP contribution in [-0.4, -0.2) is 44.7 Å². The first-order valence-corrected chi connectivity index (χ1v) is 12.6. The van der Waals surface area contributed by atoms with Crippen LogP contribution in [-0.2, 0) is 14.8 Å². The summed E-state index contributed by atoms with van der Waals surface area (Å²) in [7, 11) is -2.36. The van der Waals surface area contributed by atoms with Gasteiger partial charge in [-0.05, 0) is 61.0 Å². The standard InChI is InChI=1S/C23H26N2O5S2/c1-4-6-14-30-19-13-12-17(15-20(19)29-3)16-21-22(26)25(5-2)23(31-21)24-32(27,28)18-10-8-7-9-11-18/h7-13,15-16H,4-6,14H2,1-3H3/b21-16-,24-23?. The predicted molar refractivity (Wildman–Crippen MR) is 127 cm³/mol. The molecule has 0 spiro atoms. The molecule has 0 aromatic heterocycles. The molecule has 1 aliphatic rings. The van der Waals surface area contributed by atoms with Crippen LogP contribution in [0.25, 0.3) is 6.08 Å². The second-order valence-corrected chi connectivity index (χ2v) is 9.55. The molecule has 2 aromatic carbocycles. The highest BCUT2D eigenvalue weighted by Crippen LogP contribution is 2.35. The highest BCUT2D eigenvalue weighted by Gasteiger charge is 2.34. The summed E-state index contributed by atoms with van der Waals surface area (Å²) in [6, 6.07) is 13.4. The number of amidine groups is 1. The van der Waals surface area contributed by atoms with Crippen molar-refractivity contribution < 1.29 is 22.7 Å². The topological polar surface area (TPSA) is 85.3 Å². The first kappa shape index (κ1) is 23.9. The van der Waals surface area contributed by atoms with Crippen molar-refractivity contribution in [2.75, 3.05) is 20.3 Å². The lowest BCUT2D eigenvalue weighted by molar-refractivity contribution is -0.122. The molecule has 0 atom stereocenters. The monoisotopic (exact) mass is 474 g/mol. The number of rotatable bonds is 9. The van der Waals surface area contributed by atoms with Gasteiger partial charge in [0, 0.05) is 6.54 Å². The number of carbonyl (C=O) groups is 1. The Kier molecular flexibility index (Phi) is 7.98. The lowest BCUT2D eigenvalue weighted by Gasteiger charge is -2.12. The Morgan fingerprint density at radius 3 is 2.50 bits per heavy atom. The van der Waals surface area contributed by atoms with E-state index in [1.807, 2.05) is 6.07 Å². The van der Waals surface area contributed by atoms with Crippen molar-refractivity contribution in [2.24, 2.45) is 4.40 Å².